The molecular weight excluding hydrogens is 448 g/mol. The van der Waals surface area contributed by atoms with E-state index in [2.05, 4.69) is 6.92 Å². The number of ether oxygens (including phenoxy) is 3. The highest BCUT2D eigenvalue weighted by Gasteiger charge is 2.23. The Hall–Kier alpha value is -3.00. The molecule has 0 saturated carbocycles. The number of hydrogen-bond acceptors (Lipinski definition) is 6. The number of fused-ring (bicyclic) bond motifs is 1. The predicted octanol–water partition coefficient (Wildman–Crippen LogP) is 4.68. The number of carbonyl (C=O) groups excluding carboxylic acids is 2. The lowest BCUT2D eigenvalue weighted by molar-refractivity contribution is -0.141. The molecule has 0 saturated heterocycles. The van der Waals surface area contributed by atoms with Crippen molar-refractivity contribution in [3.63, 3.8) is 0 Å². The Kier molecular flexibility index (Phi) is 10.5. The van der Waals surface area contributed by atoms with Crippen molar-refractivity contribution in [3.8, 4) is 11.5 Å². The zero-order chi connectivity index (χ0) is 25.0. The molecule has 2 amide bonds. The summed E-state index contributed by atoms with van der Waals surface area (Å²) in [6, 6.07) is 9.44. The fraction of sp³-hybridized carbons (Fsp3) is 0.556. The first-order valence-corrected chi connectivity index (χ1v) is 12.6. The lowest BCUT2D eigenvalue weighted by Crippen LogP contribution is -2.43. The SMILES string of the molecule is CCCCCC(=O)N(CCCOCC)CC(=O)N(Cc1ccc2c(c1)OCO2)Cc1ccc(C)o1. The van der Waals surface area contributed by atoms with Gasteiger partial charge in [0.2, 0.25) is 18.6 Å². The molecular formula is C27H38N2O6. The standard InChI is InChI=1S/C27H38N2O6/c1-4-6-7-9-26(30)28(14-8-15-32-5-2)19-27(31)29(18-23-12-10-21(3)35-23)17-22-11-13-24-25(16-22)34-20-33-24/h10-13,16H,4-9,14-15,17-20H2,1-3H3. The third-order valence-corrected chi connectivity index (χ3v) is 5.90. The zero-order valence-corrected chi connectivity index (χ0v) is 21.2. The monoisotopic (exact) mass is 486 g/mol. The molecule has 2 heterocycles. The van der Waals surface area contributed by atoms with Gasteiger partial charge in [-0.25, -0.2) is 0 Å². The maximum absolute atomic E-state index is 13.5. The van der Waals surface area contributed by atoms with E-state index in [-0.39, 0.29) is 25.2 Å². The van der Waals surface area contributed by atoms with Crippen LogP contribution in [0.25, 0.3) is 0 Å². The van der Waals surface area contributed by atoms with Gasteiger partial charge in [-0.2, -0.15) is 0 Å². The second-order valence-corrected chi connectivity index (χ2v) is 8.77. The van der Waals surface area contributed by atoms with Gasteiger partial charge in [0.1, 0.15) is 11.5 Å². The Morgan fingerprint density at radius 1 is 0.943 bits per heavy atom. The van der Waals surface area contributed by atoms with Crippen LogP contribution in [0.5, 0.6) is 11.5 Å². The van der Waals surface area contributed by atoms with Crippen LogP contribution in [0.3, 0.4) is 0 Å². The molecule has 0 spiro atoms. The molecule has 0 radical (unpaired) electrons. The van der Waals surface area contributed by atoms with Crippen LogP contribution < -0.4 is 9.47 Å². The molecule has 0 fully saturated rings. The fourth-order valence-corrected chi connectivity index (χ4v) is 3.99. The number of aryl methyl sites for hydroxylation is 1. The van der Waals surface area contributed by atoms with Crippen molar-refractivity contribution in [2.75, 3.05) is 33.1 Å². The molecule has 0 aliphatic carbocycles. The molecule has 35 heavy (non-hydrogen) atoms. The van der Waals surface area contributed by atoms with Gasteiger partial charge in [0.25, 0.3) is 0 Å². The Bertz CT molecular complexity index is 957. The van der Waals surface area contributed by atoms with E-state index in [4.69, 9.17) is 18.6 Å². The van der Waals surface area contributed by atoms with Crippen molar-refractivity contribution in [2.24, 2.45) is 0 Å². The lowest BCUT2D eigenvalue weighted by atomic mass is 10.1. The van der Waals surface area contributed by atoms with E-state index in [1.165, 1.54) is 0 Å². The molecule has 2 aromatic rings. The molecule has 0 atom stereocenters. The number of nitrogens with zero attached hydrogens (tertiary/aromatic N) is 2. The summed E-state index contributed by atoms with van der Waals surface area (Å²) >= 11 is 0. The molecule has 0 bridgehead atoms. The molecule has 192 valence electrons. The summed E-state index contributed by atoms with van der Waals surface area (Å²) in [5.41, 5.74) is 0.919. The highest BCUT2D eigenvalue weighted by Crippen LogP contribution is 2.33. The van der Waals surface area contributed by atoms with Crippen LogP contribution in [0.2, 0.25) is 0 Å². The Labute approximate surface area is 208 Å². The minimum atomic E-state index is -0.128. The van der Waals surface area contributed by atoms with Crippen LogP contribution in [-0.2, 0) is 27.4 Å². The first-order valence-electron chi connectivity index (χ1n) is 12.6. The van der Waals surface area contributed by atoms with Gasteiger partial charge in [-0.1, -0.05) is 25.8 Å². The van der Waals surface area contributed by atoms with Gasteiger partial charge in [0.15, 0.2) is 11.5 Å². The molecule has 8 heteroatoms. The summed E-state index contributed by atoms with van der Waals surface area (Å²) in [4.78, 5) is 29.9. The first kappa shape index (κ1) is 26.6. The Morgan fingerprint density at radius 2 is 1.77 bits per heavy atom. The van der Waals surface area contributed by atoms with E-state index in [9.17, 15) is 9.59 Å². The van der Waals surface area contributed by atoms with Crippen molar-refractivity contribution >= 4 is 11.8 Å². The smallest absolute Gasteiger partial charge is 0.242 e. The fourth-order valence-electron chi connectivity index (χ4n) is 3.99. The molecule has 3 rings (SSSR count). The summed E-state index contributed by atoms with van der Waals surface area (Å²) in [5, 5.41) is 0. The summed E-state index contributed by atoms with van der Waals surface area (Å²) in [5.74, 6) is 2.75. The zero-order valence-electron chi connectivity index (χ0n) is 21.2. The molecule has 1 aromatic carbocycles. The predicted molar refractivity (Wildman–Crippen MR) is 132 cm³/mol. The van der Waals surface area contributed by atoms with Crippen molar-refractivity contribution < 1.29 is 28.2 Å². The largest absolute Gasteiger partial charge is 0.464 e. The van der Waals surface area contributed by atoms with Gasteiger partial charge in [0.05, 0.1) is 13.1 Å². The average Bonchev–Trinajstić information content (AvgIpc) is 3.48. The second-order valence-electron chi connectivity index (χ2n) is 8.77. The van der Waals surface area contributed by atoms with E-state index in [1.807, 2.05) is 44.2 Å². The van der Waals surface area contributed by atoms with Crippen LogP contribution >= 0.6 is 0 Å². The topological polar surface area (TPSA) is 81.5 Å². The third kappa shape index (κ3) is 8.31. The number of unbranched alkanes of at least 4 members (excludes halogenated alkanes) is 2. The van der Waals surface area contributed by atoms with Crippen LogP contribution in [0.4, 0.5) is 0 Å². The minimum Gasteiger partial charge on any atom is -0.464 e. The Morgan fingerprint density at radius 3 is 2.51 bits per heavy atom. The lowest BCUT2D eigenvalue weighted by Gasteiger charge is -2.27. The van der Waals surface area contributed by atoms with Gasteiger partial charge >= 0.3 is 0 Å². The average molecular weight is 487 g/mol. The second kappa shape index (κ2) is 13.8. The molecule has 1 aliphatic heterocycles. The normalized spacial score (nSPS) is 12.1. The molecule has 1 aliphatic rings. The summed E-state index contributed by atoms with van der Waals surface area (Å²) in [7, 11) is 0. The van der Waals surface area contributed by atoms with Crippen molar-refractivity contribution in [2.45, 2.75) is 66.0 Å². The maximum atomic E-state index is 13.5. The number of furan rings is 1. The van der Waals surface area contributed by atoms with Crippen molar-refractivity contribution in [3.05, 3.63) is 47.4 Å². The van der Waals surface area contributed by atoms with Gasteiger partial charge in [-0.15, -0.1) is 0 Å². The van der Waals surface area contributed by atoms with E-state index >= 15 is 0 Å². The molecule has 1 aromatic heterocycles. The van der Waals surface area contributed by atoms with Gasteiger partial charge < -0.3 is 28.4 Å². The number of hydrogen-bond donors (Lipinski definition) is 0. The van der Waals surface area contributed by atoms with E-state index in [0.29, 0.717) is 62.9 Å². The van der Waals surface area contributed by atoms with Crippen LogP contribution in [0.1, 0.15) is 63.0 Å². The number of carbonyl (C=O) groups is 2. The van der Waals surface area contributed by atoms with Gasteiger partial charge in [0, 0.05) is 32.7 Å². The third-order valence-electron chi connectivity index (χ3n) is 5.90. The maximum Gasteiger partial charge on any atom is 0.242 e. The molecule has 0 N–H and O–H groups in total. The summed E-state index contributed by atoms with van der Waals surface area (Å²) in [6.07, 6.45) is 4.02. The van der Waals surface area contributed by atoms with E-state index < -0.39 is 0 Å². The van der Waals surface area contributed by atoms with Crippen LogP contribution in [0, 0.1) is 6.92 Å². The highest BCUT2D eigenvalue weighted by molar-refractivity contribution is 5.84. The van der Waals surface area contributed by atoms with Gasteiger partial charge in [-0.05, 0) is 56.5 Å². The molecule has 8 nitrogen and oxygen atoms in total. The highest BCUT2D eigenvalue weighted by atomic mass is 16.7. The first-order chi connectivity index (χ1) is 17.0. The van der Waals surface area contributed by atoms with Crippen molar-refractivity contribution in [1.82, 2.24) is 9.80 Å². The summed E-state index contributed by atoms with van der Waals surface area (Å²) in [6.45, 7) is 8.54. The van der Waals surface area contributed by atoms with E-state index in [0.717, 1.165) is 30.6 Å². The Balaban J connectivity index is 1.72. The van der Waals surface area contributed by atoms with Gasteiger partial charge in [-0.3, -0.25) is 9.59 Å². The number of amides is 2. The molecule has 0 unspecified atom stereocenters. The van der Waals surface area contributed by atoms with Crippen molar-refractivity contribution in [1.29, 1.82) is 0 Å². The number of rotatable bonds is 15. The van der Waals surface area contributed by atoms with Crippen LogP contribution in [0.15, 0.2) is 34.7 Å². The number of benzene rings is 1. The minimum absolute atomic E-state index is 0.0140. The van der Waals surface area contributed by atoms with Crippen LogP contribution in [-0.4, -0.2) is 54.7 Å². The quantitative estimate of drug-likeness (QED) is 0.340. The van der Waals surface area contributed by atoms with E-state index in [1.54, 1.807) is 9.80 Å². The summed E-state index contributed by atoms with van der Waals surface area (Å²) < 4.78 is 22.1.